The number of anilines is 1. The lowest BCUT2D eigenvalue weighted by molar-refractivity contribution is -0.117. The van der Waals surface area contributed by atoms with E-state index in [0.29, 0.717) is 5.69 Å². The number of hydrogen-bond donors (Lipinski definition) is 2. The molecule has 0 aromatic heterocycles. The van der Waals surface area contributed by atoms with Gasteiger partial charge in [0.25, 0.3) is 0 Å². The summed E-state index contributed by atoms with van der Waals surface area (Å²) in [6.07, 6.45) is 0. The number of amides is 1. The largest absolute Gasteiger partial charge is 0.495 e. The van der Waals surface area contributed by atoms with Gasteiger partial charge in [0, 0.05) is 5.69 Å². The first-order chi connectivity index (χ1) is 11.7. The standard InChI is InChI=1S/C17H19FN2O4S/c1-11-4-7-14(8-5-11)19-17(21)12(2)20-25(22,23)16-10-13(18)6-9-15(16)24-3/h4-10,12,20H,1-3H3,(H,19,21). The maximum absolute atomic E-state index is 13.4. The van der Waals surface area contributed by atoms with Crippen molar-refractivity contribution in [2.45, 2.75) is 24.8 Å². The maximum Gasteiger partial charge on any atom is 0.245 e. The number of halogens is 1. The Bertz CT molecular complexity index is 867. The molecule has 1 atom stereocenters. The number of nitrogens with one attached hydrogen (secondary N) is 2. The summed E-state index contributed by atoms with van der Waals surface area (Å²) in [5, 5.41) is 2.61. The van der Waals surface area contributed by atoms with E-state index in [1.54, 1.807) is 12.1 Å². The third-order valence-corrected chi connectivity index (χ3v) is 5.02. The van der Waals surface area contributed by atoms with Crippen molar-refractivity contribution in [1.29, 1.82) is 0 Å². The minimum absolute atomic E-state index is 0.0138. The van der Waals surface area contributed by atoms with Crippen molar-refractivity contribution in [3.8, 4) is 5.75 Å². The van der Waals surface area contributed by atoms with Gasteiger partial charge >= 0.3 is 0 Å². The van der Waals surface area contributed by atoms with Crippen molar-refractivity contribution in [1.82, 2.24) is 4.72 Å². The van der Waals surface area contributed by atoms with Gasteiger partial charge in [-0.15, -0.1) is 0 Å². The van der Waals surface area contributed by atoms with Crippen LogP contribution in [0.2, 0.25) is 0 Å². The van der Waals surface area contributed by atoms with Crippen molar-refractivity contribution in [2.75, 3.05) is 12.4 Å². The molecule has 134 valence electrons. The van der Waals surface area contributed by atoms with Gasteiger partial charge in [0.05, 0.1) is 13.2 Å². The van der Waals surface area contributed by atoms with E-state index in [9.17, 15) is 17.6 Å². The van der Waals surface area contributed by atoms with E-state index in [0.717, 1.165) is 17.7 Å². The van der Waals surface area contributed by atoms with Crippen LogP contribution in [0.3, 0.4) is 0 Å². The lowest BCUT2D eigenvalue weighted by Gasteiger charge is -2.16. The predicted molar refractivity (Wildman–Crippen MR) is 92.5 cm³/mol. The molecule has 2 rings (SSSR count). The number of benzene rings is 2. The molecule has 0 saturated heterocycles. The average Bonchev–Trinajstić information content (AvgIpc) is 2.56. The van der Waals surface area contributed by atoms with E-state index < -0.39 is 27.8 Å². The highest BCUT2D eigenvalue weighted by Gasteiger charge is 2.25. The monoisotopic (exact) mass is 366 g/mol. The molecule has 0 aliphatic heterocycles. The van der Waals surface area contributed by atoms with Crippen molar-refractivity contribution < 1.29 is 22.3 Å². The van der Waals surface area contributed by atoms with Crippen LogP contribution in [0.1, 0.15) is 12.5 Å². The molecule has 0 radical (unpaired) electrons. The predicted octanol–water partition coefficient (Wildman–Crippen LogP) is 2.45. The third-order valence-electron chi connectivity index (χ3n) is 3.46. The summed E-state index contributed by atoms with van der Waals surface area (Å²) in [6, 6.07) is 9.13. The van der Waals surface area contributed by atoms with Crippen LogP contribution in [-0.2, 0) is 14.8 Å². The molecule has 0 spiro atoms. The van der Waals surface area contributed by atoms with Crippen LogP contribution in [0, 0.1) is 12.7 Å². The summed E-state index contributed by atoms with van der Waals surface area (Å²) in [7, 11) is -2.87. The van der Waals surface area contributed by atoms with Crippen LogP contribution in [0.5, 0.6) is 5.75 Å². The number of methoxy groups -OCH3 is 1. The fourth-order valence-electron chi connectivity index (χ4n) is 2.10. The Morgan fingerprint density at radius 2 is 1.80 bits per heavy atom. The zero-order valence-corrected chi connectivity index (χ0v) is 14.9. The van der Waals surface area contributed by atoms with Gasteiger partial charge in [0.1, 0.15) is 16.5 Å². The summed E-state index contributed by atoms with van der Waals surface area (Å²) >= 11 is 0. The Kier molecular flexibility index (Phi) is 5.76. The number of sulfonamides is 1. The molecule has 2 N–H and O–H groups in total. The molecule has 0 aliphatic carbocycles. The molecule has 25 heavy (non-hydrogen) atoms. The lowest BCUT2D eigenvalue weighted by Crippen LogP contribution is -2.41. The molecule has 8 heteroatoms. The normalized spacial score (nSPS) is 12.5. The van der Waals surface area contributed by atoms with Crippen LogP contribution in [0.15, 0.2) is 47.4 Å². The summed E-state index contributed by atoms with van der Waals surface area (Å²) in [4.78, 5) is 11.8. The van der Waals surface area contributed by atoms with Gasteiger partial charge in [-0.2, -0.15) is 4.72 Å². The highest BCUT2D eigenvalue weighted by Crippen LogP contribution is 2.24. The summed E-state index contributed by atoms with van der Waals surface area (Å²) in [6.45, 7) is 3.31. The molecule has 0 bridgehead atoms. The van der Waals surface area contributed by atoms with Gasteiger partial charge in [-0.3, -0.25) is 4.79 Å². The van der Waals surface area contributed by atoms with Crippen molar-refractivity contribution in [2.24, 2.45) is 0 Å². The smallest absolute Gasteiger partial charge is 0.245 e. The molecule has 2 aromatic rings. The molecule has 6 nitrogen and oxygen atoms in total. The van der Waals surface area contributed by atoms with Gasteiger partial charge in [-0.25, -0.2) is 12.8 Å². The number of carbonyl (C=O) groups is 1. The maximum atomic E-state index is 13.4. The van der Waals surface area contributed by atoms with E-state index in [1.165, 1.54) is 20.1 Å². The Balaban J connectivity index is 2.15. The molecule has 0 fully saturated rings. The van der Waals surface area contributed by atoms with Gasteiger partial charge in [-0.1, -0.05) is 17.7 Å². The first-order valence-corrected chi connectivity index (χ1v) is 8.94. The van der Waals surface area contributed by atoms with Crippen molar-refractivity contribution in [3.63, 3.8) is 0 Å². The van der Waals surface area contributed by atoms with E-state index in [1.807, 2.05) is 19.1 Å². The van der Waals surface area contributed by atoms with E-state index in [-0.39, 0.29) is 10.6 Å². The molecule has 0 heterocycles. The summed E-state index contributed by atoms with van der Waals surface area (Å²) in [5.74, 6) is -1.28. The Labute approximate surface area is 146 Å². The van der Waals surface area contributed by atoms with E-state index in [4.69, 9.17) is 4.74 Å². The summed E-state index contributed by atoms with van der Waals surface area (Å²) < 4.78 is 45.4. The number of carbonyl (C=O) groups excluding carboxylic acids is 1. The quantitative estimate of drug-likeness (QED) is 0.822. The molecule has 2 aromatic carbocycles. The fourth-order valence-corrected chi connectivity index (χ4v) is 3.48. The van der Waals surface area contributed by atoms with Crippen LogP contribution in [-0.4, -0.2) is 27.5 Å². The zero-order chi connectivity index (χ0) is 18.6. The third kappa shape index (κ3) is 4.77. The SMILES string of the molecule is COc1ccc(F)cc1S(=O)(=O)NC(C)C(=O)Nc1ccc(C)cc1. The van der Waals surface area contributed by atoms with Crippen LogP contribution < -0.4 is 14.8 Å². The van der Waals surface area contributed by atoms with Gasteiger partial charge in [-0.05, 0) is 44.2 Å². The first kappa shape index (κ1) is 18.9. The molecule has 0 aliphatic rings. The Morgan fingerprint density at radius 3 is 2.40 bits per heavy atom. The lowest BCUT2D eigenvalue weighted by atomic mass is 10.2. The first-order valence-electron chi connectivity index (χ1n) is 7.46. The fraction of sp³-hybridized carbons (Fsp3) is 0.235. The van der Waals surface area contributed by atoms with Crippen LogP contribution >= 0.6 is 0 Å². The molecule has 0 saturated carbocycles. The molecule has 1 amide bonds. The van der Waals surface area contributed by atoms with E-state index >= 15 is 0 Å². The molecule has 1 unspecified atom stereocenters. The van der Waals surface area contributed by atoms with Gasteiger partial charge < -0.3 is 10.1 Å². The van der Waals surface area contributed by atoms with Crippen LogP contribution in [0.25, 0.3) is 0 Å². The average molecular weight is 366 g/mol. The second kappa shape index (κ2) is 7.62. The van der Waals surface area contributed by atoms with Crippen molar-refractivity contribution in [3.05, 3.63) is 53.8 Å². The van der Waals surface area contributed by atoms with Crippen LogP contribution in [0.4, 0.5) is 10.1 Å². The zero-order valence-electron chi connectivity index (χ0n) is 14.0. The number of aryl methyl sites for hydroxylation is 1. The van der Waals surface area contributed by atoms with Gasteiger partial charge in [0.2, 0.25) is 15.9 Å². The second-order valence-corrected chi connectivity index (χ2v) is 7.18. The highest BCUT2D eigenvalue weighted by atomic mass is 32.2. The number of rotatable bonds is 6. The topological polar surface area (TPSA) is 84.5 Å². The number of hydrogen-bond acceptors (Lipinski definition) is 4. The minimum atomic E-state index is -4.14. The van der Waals surface area contributed by atoms with Crippen molar-refractivity contribution >= 4 is 21.6 Å². The van der Waals surface area contributed by atoms with E-state index in [2.05, 4.69) is 10.0 Å². The Morgan fingerprint density at radius 1 is 1.16 bits per heavy atom. The second-order valence-electron chi connectivity index (χ2n) is 5.49. The molecular formula is C17H19FN2O4S. The molecular weight excluding hydrogens is 347 g/mol. The Hall–Kier alpha value is -2.45. The minimum Gasteiger partial charge on any atom is -0.495 e. The highest BCUT2D eigenvalue weighted by molar-refractivity contribution is 7.89. The van der Waals surface area contributed by atoms with Gasteiger partial charge in [0.15, 0.2) is 0 Å². The summed E-state index contributed by atoms with van der Waals surface area (Å²) in [5.41, 5.74) is 1.58. The number of ether oxygens (including phenoxy) is 1.